The number of benzene rings is 1. The van der Waals surface area contributed by atoms with Crippen LogP contribution in [0.2, 0.25) is 0 Å². The van der Waals surface area contributed by atoms with E-state index in [0.717, 1.165) is 37.4 Å². The van der Waals surface area contributed by atoms with E-state index in [4.69, 9.17) is 0 Å². The van der Waals surface area contributed by atoms with Crippen molar-refractivity contribution in [3.63, 3.8) is 0 Å². The van der Waals surface area contributed by atoms with Gasteiger partial charge in [0.15, 0.2) is 0 Å². The fraction of sp³-hybridized carbons (Fsp3) is 0.438. The first kappa shape index (κ1) is 14.1. The van der Waals surface area contributed by atoms with Crippen LogP contribution in [0.5, 0.6) is 0 Å². The third kappa shape index (κ3) is 2.80. The molecule has 1 fully saturated rings. The summed E-state index contributed by atoms with van der Waals surface area (Å²) >= 11 is 0. The molecular weight excluding hydrogens is 264 g/mol. The van der Waals surface area contributed by atoms with Crippen LogP contribution in [0, 0.1) is 0 Å². The number of aliphatic hydroxyl groups is 1. The minimum Gasteiger partial charge on any atom is -0.380 e. The van der Waals surface area contributed by atoms with Gasteiger partial charge in [-0.3, -0.25) is 0 Å². The van der Waals surface area contributed by atoms with Gasteiger partial charge in [0, 0.05) is 56.9 Å². The van der Waals surface area contributed by atoms with E-state index in [2.05, 4.69) is 27.9 Å². The van der Waals surface area contributed by atoms with E-state index in [1.807, 2.05) is 36.0 Å². The molecule has 0 saturated carbocycles. The predicted molar refractivity (Wildman–Crippen MR) is 83.4 cm³/mol. The van der Waals surface area contributed by atoms with Gasteiger partial charge in [0.25, 0.3) is 0 Å². The van der Waals surface area contributed by atoms with Crippen molar-refractivity contribution in [2.75, 3.05) is 38.1 Å². The predicted octanol–water partition coefficient (Wildman–Crippen LogP) is 1.25. The van der Waals surface area contributed by atoms with E-state index >= 15 is 0 Å². The number of aryl methyl sites for hydroxylation is 1. The number of rotatable bonds is 3. The van der Waals surface area contributed by atoms with Gasteiger partial charge in [0.05, 0.1) is 0 Å². The maximum absolute atomic E-state index is 10.7. The zero-order chi connectivity index (χ0) is 14.8. The third-order valence-corrected chi connectivity index (χ3v) is 4.18. The second-order valence-corrected chi connectivity index (χ2v) is 5.65. The lowest BCUT2D eigenvalue weighted by molar-refractivity contribution is 0.206. The first-order chi connectivity index (χ1) is 10.2. The van der Waals surface area contributed by atoms with Crippen LogP contribution in [0.3, 0.4) is 0 Å². The molecule has 0 aliphatic carbocycles. The van der Waals surface area contributed by atoms with E-state index in [1.54, 1.807) is 6.20 Å². The smallest absolute Gasteiger partial charge is 0.142 e. The van der Waals surface area contributed by atoms with Crippen molar-refractivity contribution in [2.45, 2.75) is 6.10 Å². The summed E-state index contributed by atoms with van der Waals surface area (Å²) in [5.41, 5.74) is 2.04. The maximum atomic E-state index is 10.7. The molecule has 1 aliphatic heterocycles. The largest absolute Gasteiger partial charge is 0.380 e. The fourth-order valence-electron chi connectivity index (χ4n) is 2.83. The summed E-state index contributed by atoms with van der Waals surface area (Å²) in [6.07, 6.45) is 2.88. The van der Waals surface area contributed by atoms with Gasteiger partial charge in [-0.1, -0.05) is 18.2 Å². The van der Waals surface area contributed by atoms with E-state index in [9.17, 15) is 5.11 Å². The number of hydrogen-bond donors (Lipinski definition) is 1. The van der Waals surface area contributed by atoms with Gasteiger partial charge in [0.1, 0.15) is 11.9 Å². The molecule has 0 amide bonds. The molecule has 0 spiro atoms. The van der Waals surface area contributed by atoms with Crippen molar-refractivity contribution in [2.24, 2.45) is 7.05 Å². The molecule has 0 bridgehead atoms. The Labute approximate surface area is 125 Å². The molecule has 1 saturated heterocycles. The Hall–Kier alpha value is -1.85. The summed E-state index contributed by atoms with van der Waals surface area (Å²) in [5, 5.41) is 10.7. The number of aromatic nitrogens is 2. The zero-order valence-corrected chi connectivity index (χ0v) is 12.6. The van der Waals surface area contributed by atoms with Crippen LogP contribution in [-0.4, -0.2) is 52.8 Å². The summed E-state index contributed by atoms with van der Waals surface area (Å²) < 4.78 is 1.87. The quantitative estimate of drug-likeness (QED) is 0.922. The van der Waals surface area contributed by atoms with Gasteiger partial charge in [-0.2, -0.15) is 0 Å². The number of hydrogen-bond acceptors (Lipinski definition) is 4. The van der Waals surface area contributed by atoms with E-state index in [0.29, 0.717) is 5.82 Å². The number of anilines is 1. The molecule has 5 nitrogen and oxygen atoms in total. The van der Waals surface area contributed by atoms with Crippen LogP contribution < -0.4 is 4.90 Å². The Balaban J connectivity index is 1.91. The lowest BCUT2D eigenvalue weighted by atomic mass is 10.0. The Kier molecular flexibility index (Phi) is 3.94. The molecule has 112 valence electrons. The van der Waals surface area contributed by atoms with Gasteiger partial charge in [0.2, 0.25) is 0 Å². The zero-order valence-electron chi connectivity index (χ0n) is 12.6. The molecule has 1 N–H and O–H groups in total. The highest BCUT2D eigenvalue weighted by Gasteiger charge is 2.22. The lowest BCUT2D eigenvalue weighted by Gasteiger charge is -2.35. The van der Waals surface area contributed by atoms with Crippen molar-refractivity contribution < 1.29 is 5.11 Å². The van der Waals surface area contributed by atoms with Crippen molar-refractivity contribution in [1.29, 1.82) is 0 Å². The third-order valence-electron chi connectivity index (χ3n) is 4.18. The number of nitrogens with zero attached hydrogens (tertiary/aromatic N) is 4. The Morgan fingerprint density at radius 3 is 2.48 bits per heavy atom. The van der Waals surface area contributed by atoms with E-state index < -0.39 is 6.10 Å². The second-order valence-electron chi connectivity index (χ2n) is 5.65. The highest BCUT2D eigenvalue weighted by atomic mass is 16.3. The molecular formula is C16H22N4O. The van der Waals surface area contributed by atoms with Crippen molar-refractivity contribution in [3.8, 4) is 0 Å². The Morgan fingerprint density at radius 2 is 1.81 bits per heavy atom. The molecule has 0 radical (unpaired) electrons. The minimum absolute atomic E-state index is 0.677. The topological polar surface area (TPSA) is 44.5 Å². The SMILES string of the molecule is CN1CCN(c2ccccc2C(O)c2nccn2C)CC1. The number of aliphatic hydroxyl groups excluding tert-OH is 1. The van der Waals surface area contributed by atoms with Crippen molar-refractivity contribution in [3.05, 3.63) is 48.0 Å². The summed E-state index contributed by atoms with van der Waals surface area (Å²) in [6, 6.07) is 8.09. The molecule has 3 rings (SSSR count). The van der Waals surface area contributed by atoms with Crippen molar-refractivity contribution in [1.82, 2.24) is 14.5 Å². The molecule has 1 aromatic carbocycles. The minimum atomic E-state index is -0.694. The summed E-state index contributed by atoms with van der Waals surface area (Å²) in [7, 11) is 4.05. The van der Waals surface area contributed by atoms with Crippen LogP contribution >= 0.6 is 0 Å². The molecule has 21 heavy (non-hydrogen) atoms. The average Bonchev–Trinajstić information content (AvgIpc) is 2.93. The molecule has 1 aromatic heterocycles. The summed E-state index contributed by atoms with van der Waals surface area (Å²) in [4.78, 5) is 8.95. The van der Waals surface area contributed by atoms with Crippen LogP contribution in [0.25, 0.3) is 0 Å². The van der Waals surface area contributed by atoms with Crippen LogP contribution in [0.4, 0.5) is 5.69 Å². The first-order valence-electron chi connectivity index (χ1n) is 7.34. The van der Waals surface area contributed by atoms with E-state index in [1.165, 1.54) is 0 Å². The first-order valence-corrected chi connectivity index (χ1v) is 7.34. The molecule has 1 atom stereocenters. The van der Waals surface area contributed by atoms with Gasteiger partial charge >= 0.3 is 0 Å². The molecule has 5 heteroatoms. The fourth-order valence-corrected chi connectivity index (χ4v) is 2.83. The molecule has 1 unspecified atom stereocenters. The second kappa shape index (κ2) is 5.87. The van der Waals surface area contributed by atoms with Crippen LogP contribution in [0.1, 0.15) is 17.5 Å². The number of likely N-dealkylation sites (N-methyl/N-ethyl adjacent to an activating group) is 1. The highest BCUT2D eigenvalue weighted by molar-refractivity contribution is 5.56. The van der Waals surface area contributed by atoms with Gasteiger partial charge in [-0.05, 0) is 13.1 Å². The normalized spacial score (nSPS) is 18.0. The number of para-hydroxylation sites is 1. The van der Waals surface area contributed by atoms with E-state index in [-0.39, 0.29) is 0 Å². The monoisotopic (exact) mass is 286 g/mol. The number of piperazine rings is 1. The highest BCUT2D eigenvalue weighted by Crippen LogP contribution is 2.30. The van der Waals surface area contributed by atoms with Gasteiger partial charge in [-0.25, -0.2) is 4.98 Å². The Morgan fingerprint density at radius 1 is 1.10 bits per heavy atom. The van der Waals surface area contributed by atoms with Gasteiger partial charge < -0.3 is 19.5 Å². The average molecular weight is 286 g/mol. The molecule has 2 heterocycles. The summed E-state index contributed by atoms with van der Waals surface area (Å²) in [6.45, 7) is 4.07. The molecule has 2 aromatic rings. The lowest BCUT2D eigenvalue weighted by Crippen LogP contribution is -2.44. The number of imidazole rings is 1. The maximum Gasteiger partial charge on any atom is 0.142 e. The summed E-state index contributed by atoms with van der Waals surface area (Å²) in [5.74, 6) is 0.677. The standard InChI is InChI=1S/C16H22N4O/c1-18-9-11-20(12-10-18)14-6-4-3-5-13(14)15(21)16-17-7-8-19(16)2/h3-8,15,21H,9-12H2,1-2H3. The van der Waals surface area contributed by atoms with Crippen LogP contribution in [-0.2, 0) is 7.05 Å². The molecule has 1 aliphatic rings. The van der Waals surface area contributed by atoms with Crippen LogP contribution in [0.15, 0.2) is 36.7 Å². The Bertz CT molecular complexity index is 602. The van der Waals surface area contributed by atoms with Gasteiger partial charge in [-0.15, -0.1) is 0 Å². The van der Waals surface area contributed by atoms with Crippen molar-refractivity contribution >= 4 is 5.69 Å².